The monoisotopic (exact) mass is 591 g/mol. The molecule has 3 fully saturated rings. The lowest BCUT2D eigenvalue weighted by atomic mass is 9.74. The standard InChI is InChI=1S/C31H38ClN7OS/c32-25-8-6-7-24(21-25)31(11-19-40-20-12-31)23-33-30(41)36-29-34-27(38-13-4-5-14-38)22-28(35-29)39-17-15-37(16-18-39)26-9-2-1-3-10-26/h1-3,6-10,21-22H,4-5,11-20,23H2,(H2,33,34,35,36,41). The quantitative estimate of drug-likeness (QED) is 0.366. The summed E-state index contributed by atoms with van der Waals surface area (Å²) < 4.78 is 5.70. The van der Waals surface area contributed by atoms with Gasteiger partial charge in [0.25, 0.3) is 0 Å². The Morgan fingerprint density at radius 3 is 2.17 bits per heavy atom. The van der Waals surface area contributed by atoms with Gasteiger partial charge in [0.15, 0.2) is 5.11 Å². The van der Waals surface area contributed by atoms with Crippen LogP contribution in [0.4, 0.5) is 23.3 Å². The van der Waals surface area contributed by atoms with Crippen LogP contribution in [-0.4, -0.2) is 74.1 Å². The molecular formula is C31H38ClN7OS. The van der Waals surface area contributed by atoms with Crippen LogP contribution < -0.4 is 25.3 Å². The van der Waals surface area contributed by atoms with Gasteiger partial charge in [-0.05, 0) is 67.7 Å². The summed E-state index contributed by atoms with van der Waals surface area (Å²) in [4.78, 5) is 17.0. The van der Waals surface area contributed by atoms with Crippen LogP contribution in [0, 0.1) is 0 Å². The van der Waals surface area contributed by atoms with Crippen molar-refractivity contribution >= 4 is 52.2 Å². The summed E-state index contributed by atoms with van der Waals surface area (Å²) in [6.45, 7) is 7.86. The van der Waals surface area contributed by atoms with E-state index in [4.69, 9.17) is 38.5 Å². The van der Waals surface area contributed by atoms with Gasteiger partial charge in [-0.15, -0.1) is 0 Å². The molecule has 3 aliphatic rings. The smallest absolute Gasteiger partial charge is 0.232 e. The van der Waals surface area contributed by atoms with Crippen molar-refractivity contribution in [1.82, 2.24) is 15.3 Å². The minimum absolute atomic E-state index is 0.100. The minimum Gasteiger partial charge on any atom is -0.381 e. The van der Waals surface area contributed by atoms with Gasteiger partial charge in [-0.2, -0.15) is 9.97 Å². The van der Waals surface area contributed by atoms with E-state index in [1.807, 2.05) is 12.1 Å². The molecule has 10 heteroatoms. The number of para-hydroxylation sites is 1. The zero-order valence-corrected chi connectivity index (χ0v) is 25.0. The van der Waals surface area contributed by atoms with Crippen LogP contribution in [-0.2, 0) is 10.2 Å². The SMILES string of the molecule is S=C(NCC1(c2cccc(Cl)c2)CCOCC1)Nc1nc(N2CCCC2)cc(N2CCN(c3ccccc3)CC2)n1. The maximum absolute atomic E-state index is 6.37. The van der Waals surface area contributed by atoms with Gasteiger partial charge in [0.2, 0.25) is 5.95 Å². The third-order valence-electron chi connectivity index (χ3n) is 8.55. The number of ether oxygens (including phenoxy) is 1. The first-order valence-corrected chi connectivity index (χ1v) is 15.4. The van der Waals surface area contributed by atoms with Crippen molar-refractivity contribution in [1.29, 1.82) is 0 Å². The van der Waals surface area contributed by atoms with E-state index in [0.29, 0.717) is 17.6 Å². The molecule has 41 heavy (non-hydrogen) atoms. The number of aromatic nitrogens is 2. The second kappa shape index (κ2) is 12.8. The van der Waals surface area contributed by atoms with Crippen molar-refractivity contribution < 1.29 is 4.74 Å². The van der Waals surface area contributed by atoms with E-state index < -0.39 is 0 Å². The molecule has 0 amide bonds. The molecule has 0 saturated carbocycles. The highest BCUT2D eigenvalue weighted by molar-refractivity contribution is 7.80. The molecule has 0 radical (unpaired) electrons. The number of hydrogen-bond acceptors (Lipinski definition) is 7. The van der Waals surface area contributed by atoms with Crippen molar-refractivity contribution in [3.8, 4) is 0 Å². The summed E-state index contributed by atoms with van der Waals surface area (Å²) in [6.07, 6.45) is 4.19. The molecule has 3 aromatic rings. The molecule has 2 aromatic carbocycles. The van der Waals surface area contributed by atoms with Gasteiger partial charge in [0, 0.05) is 81.2 Å². The molecule has 4 heterocycles. The molecular weight excluding hydrogens is 554 g/mol. The molecule has 3 aliphatic heterocycles. The summed E-state index contributed by atoms with van der Waals surface area (Å²) in [5.74, 6) is 2.44. The molecule has 0 bridgehead atoms. The lowest BCUT2D eigenvalue weighted by molar-refractivity contribution is 0.0515. The van der Waals surface area contributed by atoms with Crippen LogP contribution in [0.3, 0.4) is 0 Å². The third kappa shape index (κ3) is 6.68. The van der Waals surface area contributed by atoms with Crippen LogP contribution in [0.5, 0.6) is 0 Å². The zero-order chi connectivity index (χ0) is 28.1. The van der Waals surface area contributed by atoms with E-state index >= 15 is 0 Å². The first kappa shape index (κ1) is 28.0. The lowest BCUT2D eigenvalue weighted by Crippen LogP contribution is -2.47. The Balaban J connectivity index is 1.16. The number of anilines is 4. The predicted octanol–water partition coefficient (Wildman–Crippen LogP) is 5.09. The average Bonchev–Trinajstić information content (AvgIpc) is 3.57. The van der Waals surface area contributed by atoms with Crippen LogP contribution in [0.1, 0.15) is 31.2 Å². The molecule has 0 atom stereocenters. The van der Waals surface area contributed by atoms with Crippen molar-refractivity contribution in [2.24, 2.45) is 0 Å². The molecule has 0 aliphatic carbocycles. The highest BCUT2D eigenvalue weighted by atomic mass is 35.5. The Labute approximate surface area is 253 Å². The molecule has 0 unspecified atom stereocenters. The van der Waals surface area contributed by atoms with E-state index in [-0.39, 0.29) is 5.41 Å². The van der Waals surface area contributed by atoms with Crippen LogP contribution in [0.25, 0.3) is 0 Å². The van der Waals surface area contributed by atoms with Crippen molar-refractivity contribution in [3.05, 3.63) is 71.2 Å². The molecule has 0 spiro atoms. The number of nitrogens with zero attached hydrogens (tertiary/aromatic N) is 5. The van der Waals surface area contributed by atoms with E-state index in [1.54, 1.807) is 0 Å². The lowest BCUT2D eigenvalue weighted by Gasteiger charge is -2.38. The molecule has 6 rings (SSSR count). The Morgan fingerprint density at radius 2 is 1.49 bits per heavy atom. The van der Waals surface area contributed by atoms with E-state index in [2.05, 4.69) is 73.9 Å². The fourth-order valence-corrected chi connectivity index (χ4v) is 6.48. The second-order valence-electron chi connectivity index (χ2n) is 11.1. The second-order valence-corrected chi connectivity index (χ2v) is 12.0. The van der Waals surface area contributed by atoms with Gasteiger partial charge >= 0.3 is 0 Å². The third-order valence-corrected chi connectivity index (χ3v) is 9.04. The molecule has 2 N–H and O–H groups in total. The normalized spacial score (nSPS) is 18.8. The first-order valence-electron chi connectivity index (χ1n) is 14.7. The maximum atomic E-state index is 6.37. The Bertz CT molecular complexity index is 1320. The average molecular weight is 592 g/mol. The highest BCUT2D eigenvalue weighted by Crippen LogP contribution is 2.35. The summed E-state index contributed by atoms with van der Waals surface area (Å²) in [5.41, 5.74) is 2.38. The summed E-state index contributed by atoms with van der Waals surface area (Å²) >= 11 is 12.1. The zero-order valence-electron chi connectivity index (χ0n) is 23.4. The minimum atomic E-state index is -0.100. The topological polar surface area (TPSA) is 68.8 Å². The summed E-state index contributed by atoms with van der Waals surface area (Å²) in [5, 5.41) is 8.07. The number of nitrogens with one attached hydrogen (secondary N) is 2. The van der Waals surface area contributed by atoms with Gasteiger partial charge in [0.1, 0.15) is 11.6 Å². The first-order chi connectivity index (χ1) is 20.1. The number of rotatable bonds is 7. The molecule has 1 aromatic heterocycles. The number of thiocarbonyl (C=S) groups is 1. The fraction of sp³-hybridized carbons (Fsp3) is 0.452. The van der Waals surface area contributed by atoms with Crippen LogP contribution in [0.2, 0.25) is 5.02 Å². The van der Waals surface area contributed by atoms with Gasteiger partial charge in [-0.25, -0.2) is 0 Å². The van der Waals surface area contributed by atoms with Crippen LogP contribution in [0.15, 0.2) is 60.7 Å². The van der Waals surface area contributed by atoms with E-state index in [1.165, 1.54) is 24.1 Å². The van der Waals surface area contributed by atoms with Gasteiger partial charge in [-0.1, -0.05) is 41.9 Å². The predicted molar refractivity (Wildman–Crippen MR) is 172 cm³/mol. The van der Waals surface area contributed by atoms with Crippen molar-refractivity contribution in [3.63, 3.8) is 0 Å². The number of piperazine rings is 1. The van der Waals surface area contributed by atoms with Gasteiger partial charge in [0.05, 0.1) is 0 Å². The fourth-order valence-electron chi connectivity index (χ4n) is 6.12. The van der Waals surface area contributed by atoms with Crippen molar-refractivity contribution in [2.75, 3.05) is 79.0 Å². The molecule has 3 saturated heterocycles. The van der Waals surface area contributed by atoms with Gasteiger partial charge < -0.3 is 30.1 Å². The van der Waals surface area contributed by atoms with Gasteiger partial charge in [-0.3, -0.25) is 0 Å². The Kier molecular flexibility index (Phi) is 8.74. The number of hydrogen-bond donors (Lipinski definition) is 2. The summed E-state index contributed by atoms with van der Waals surface area (Å²) in [6, 6.07) is 20.9. The van der Waals surface area contributed by atoms with E-state index in [9.17, 15) is 0 Å². The maximum Gasteiger partial charge on any atom is 0.232 e. The van der Waals surface area contributed by atoms with Crippen molar-refractivity contribution in [2.45, 2.75) is 31.1 Å². The largest absolute Gasteiger partial charge is 0.381 e. The number of benzene rings is 2. The van der Waals surface area contributed by atoms with Crippen LogP contribution >= 0.6 is 23.8 Å². The summed E-state index contributed by atoms with van der Waals surface area (Å²) in [7, 11) is 0. The highest BCUT2D eigenvalue weighted by Gasteiger charge is 2.35. The number of halogens is 1. The molecule has 8 nitrogen and oxygen atoms in total. The Morgan fingerprint density at radius 1 is 0.829 bits per heavy atom. The molecule has 216 valence electrons. The van der Waals surface area contributed by atoms with E-state index in [0.717, 1.165) is 82.0 Å². The Hall–Kier alpha value is -3.14.